The highest BCUT2D eigenvalue weighted by atomic mass is 16.5. The van der Waals surface area contributed by atoms with Crippen molar-refractivity contribution in [2.24, 2.45) is 11.8 Å². The summed E-state index contributed by atoms with van der Waals surface area (Å²) in [5.74, 6) is -0.182. The van der Waals surface area contributed by atoms with Crippen LogP contribution in [-0.2, 0) is 20.9 Å². The molecule has 3 aliphatic heterocycles. The summed E-state index contributed by atoms with van der Waals surface area (Å²) in [6.07, 6.45) is 0.260. The fourth-order valence-corrected chi connectivity index (χ4v) is 4.44. The first-order chi connectivity index (χ1) is 11.0. The van der Waals surface area contributed by atoms with Gasteiger partial charge in [0, 0.05) is 0 Å². The molecule has 3 aliphatic rings. The third-order valence-electron chi connectivity index (χ3n) is 5.42. The van der Waals surface area contributed by atoms with Crippen LogP contribution in [0.1, 0.15) is 25.8 Å². The second-order valence-corrected chi connectivity index (χ2v) is 7.32. The molecule has 5 atom stereocenters. The second kappa shape index (κ2) is 5.14. The van der Waals surface area contributed by atoms with Gasteiger partial charge in [0.05, 0.1) is 24.1 Å². The number of ether oxygens (including phenoxy) is 1. The Morgan fingerprint density at radius 2 is 2.00 bits per heavy atom. The standard InChI is InChI=1S/C18H22N2O3/c1-11-8-18(2)15(19-9-11)13-14(23-18)17(22)20(16(13)21)10-12-6-4-3-5-7-12/h3-7,11,13-15,19H,8-10H2,1-2H3. The van der Waals surface area contributed by atoms with Crippen molar-refractivity contribution in [3.63, 3.8) is 0 Å². The molecule has 0 spiro atoms. The number of nitrogens with zero attached hydrogens (tertiary/aromatic N) is 1. The summed E-state index contributed by atoms with van der Waals surface area (Å²) in [7, 11) is 0. The molecule has 1 N–H and O–H groups in total. The quantitative estimate of drug-likeness (QED) is 0.837. The molecule has 0 bridgehead atoms. The Balaban J connectivity index is 1.59. The maximum atomic E-state index is 12.9. The molecular formula is C18H22N2O3. The van der Waals surface area contributed by atoms with E-state index in [9.17, 15) is 9.59 Å². The van der Waals surface area contributed by atoms with Crippen molar-refractivity contribution in [3.05, 3.63) is 35.9 Å². The Bertz CT molecular complexity index is 647. The summed E-state index contributed by atoms with van der Waals surface area (Å²) in [5, 5.41) is 3.45. The Morgan fingerprint density at radius 3 is 2.74 bits per heavy atom. The summed E-state index contributed by atoms with van der Waals surface area (Å²) in [6, 6.07) is 9.55. The van der Waals surface area contributed by atoms with E-state index in [0.29, 0.717) is 12.5 Å². The van der Waals surface area contributed by atoms with Crippen LogP contribution in [0.5, 0.6) is 0 Å². The van der Waals surface area contributed by atoms with Gasteiger partial charge in [-0.25, -0.2) is 0 Å². The van der Waals surface area contributed by atoms with Gasteiger partial charge in [-0.3, -0.25) is 14.5 Å². The van der Waals surface area contributed by atoms with Gasteiger partial charge in [0.1, 0.15) is 0 Å². The van der Waals surface area contributed by atoms with Gasteiger partial charge in [0.25, 0.3) is 5.91 Å². The van der Waals surface area contributed by atoms with Crippen LogP contribution in [0.2, 0.25) is 0 Å². The summed E-state index contributed by atoms with van der Waals surface area (Å²) < 4.78 is 6.12. The van der Waals surface area contributed by atoms with Gasteiger partial charge < -0.3 is 10.1 Å². The van der Waals surface area contributed by atoms with Crippen LogP contribution in [-0.4, -0.2) is 41.0 Å². The second-order valence-electron chi connectivity index (χ2n) is 7.32. The lowest BCUT2D eigenvalue weighted by Gasteiger charge is -2.40. The van der Waals surface area contributed by atoms with Crippen molar-refractivity contribution in [2.75, 3.05) is 6.54 Å². The predicted octanol–water partition coefficient (Wildman–Crippen LogP) is 1.33. The number of likely N-dealkylation sites (tertiary alicyclic amines) is 1. The van der Waals surface area contributed by atoms with Crippen LogP contribution >= 0.6 is 0 Å². The number of imide groups is 1. The molecule has 3 fully saturated rings. The van der Waals surface area contributed by atoms with E-state index in [0.717, 1.165) is 18.5 Å². The fourth-order valence-electron chi connectivity index (χ4n) is 4.44. The van der Waals surface area contributed by atoms with Crippen molar-refractivity contribution >= 4 is 11.8 Å². The number of fused-ring (bicyclic) bond motifs is 3. The van der Waals surface area contributed by atoms with Crippen molar-refractivity contribution in [3.8, 4) is 0 Å². The number of nitrogens with one attached hydrogen (secondary N) is 1. The van der Waals surface area contributed by atoms with E-state index in [4.69, 9.17) is 4.74 Å². The van der Waals surface area contributed by atoms with E-state index in [1.165, 1.54) is 4.90 Å². The van der Waals surface area contributed by atoms with Gasteiger partial charge in [0.15, 0.2) is 6.10 Å². The first kappa shape index (κ1) is 14.8. The third-order valence-corrected chi connectivity index (χ3v) is 5.42. The van der Waals surface area contributed by atoms with Crippen LogP contribution < -0.4 is 5.32 Å². The molecule has 5 heteroatoms. The van der Waals surface area contributed by atoms with Crippen molar-refractivity contribution in [1.29, 1.82) is 0 Å². The molecule has 4 rings (SSSR count). The topological polar surface area (TPSA) is 58.6 Å². The Morgan fingerprint density at radius 1 is 1.26 bits per heavy atom. The van der Waals surface area contributed by atoms with Crippen LogP contribution in [0, 0.1) is 11.8 Å². The van der Waals surface area contributed by atoms with Gasteiger partial charge in [0.2, 0.25) is 5.91 Å². The third kappa shape index (κ3) is 2.22. The van der Waals surface area contributed by atoms with E-state index in [1.54, 1.807) is 0 Å². The first-order valence-corrected chi connectivity index (χ1v) is 8.30. The number of hydrogen-bond acceptors (Lipinski definition) is 4. The lowest BCUT2D eigenvalue weighted by molar-refractivity contribution is -0.150. The summed E-state index contributed by atoms with van der Waals surface area (Å²) in [6.45, 7) is 5.39. The zero-order valence-corrected chi connectivity index (χ0v) is 13.5. The zero-order valence-electron chi connectivity index (χ0n) is 13.5. The zero-order chi connectivity index (χ0) is 16.2. The van der Waals surface area contributed by atoms with Crippen LogP contribution in [0.4, 0.5) is 0 Å². The van der Waals surface area contributed by atoms with Crippen LogP contribution in [0.3, 0.4) is 0 Å². The average molecular weight is 314 g/mol. The highest BCUT2D eigenvalue weighted by molar-refractivity contribution is 6.07. The highest BCUT2D eigenvalue weighted by Gasteiger charge is 2.64. The minimum absolute atomic E-state index is 0.0686. The number of amides is 2. The molecular weight excluding hydrogens is 292 g/mol. The smallest absolute Gasteiger partial charge is 0.259 e. The molecule has 3 saturated heterocycles. The maximum Gasteiger partial charge on any atom is 0.259 e. The maximum absolute atomic E-state index is 12.9. The van der Waals surface area contributed by atoms with Crippen LogP contribution in [0.15, 0.2) is 30.3 Å². The molecule has 2 amide bonds. The first-order valence-electron chi connectivity index (χ1n) is 8.30. The number of piperidine rings is 1. The monoisotopic (exact) mass is 314 g/mol. The van der Waals surface area contributed by atoms with Gasteiger partial charge >= 0.3 is 0 Å². The van der Waals surface area contributed by atoms with E-state index in [-0.39, 0.29) is 23.8 Å². The van der Waals surface area contributed by atoms with Crippen molar-refractivity contribution < 1.29 is 14.3 Å². The molecule has 1 aromatic rings. The van der Waals surface area contributed by atoms with Gasteiger partial charge in [-0.15, -0.1) is 0 Å². The molecule has 0 radical (unpaired) electrons. The molecule has 0 aliphatic carbocycles. The van der Waals surface area contributed by atoms with E-state index in [1.807, 2.05) is 37.3 Å². The molecule has 23 heavy (non-hydrogen) atoms. The lowest BCUT2D eigenvalue weighted by atomic mass is 9.78. The Labute approximate surface area is 136 Å². The highest BCUT2D eigenvalue weighted by Crippen LogP contribution is 2.46. The molecule has 0 saturated carbocycles. The molecule has 3 heterocycles. The van der Waals surface area contributed by atoms with E-state index < -0.39 is 11.7 Å². The lowest BCUT2D eigenvalue weighted by Crippen LogP contribution is -2.57. The Hall–Kier alpha value is -1.72. The van der Waals surface area contributed by atoms with E-state index in [2.05, 4.69) is 12.2 Å². The number of rotatable bonds is 2. The average Bonchev–Trinajstić information content (AvgIpc) is 2.94. The summed E-state index contributed by atoms with van der Waals surface area (Å²) >= 11 is 0. The summed E-state index contributed by atoms with van der Waals surface area (Å²) in [5.41, 5.74) is 0.541. The van der Waals surface area contributed by atoms with E-state index >= 15 is 0 Å². The van der Waals surface area contributed by atoms with Crippen LogP contribution in [0.25, 0.3) is 0 Å². The minimum Gasteiger partial charge on any atom is -0.360 e. The molecule has 5 nitrogen and oxygen atoms in total. The normalized spacial score (nSPS) is 39.5. The Kier molecular flexibility index (Phi) is 3.32. The van der Waals surface area contributed by atoms with Crippen molar-refractivity contribution in [1.82, 2.24) is 10.2 Å². The molecule has 0 aromatic heterocycles. The number of carbonyl (C=O) groups is 2. The van der Waals surface area contributed by atoms with Gasteiger partial charge in [-0.05, 0) is 31.4 Å². The minimum atomic E-state index is -0.626. The predicted molar refractivity (Wildman–Crippen MR) is 84.3 cm³/mol. The number of carbonyl (C=O) groups excluding carboxylic acids is 2. The molecule has 5 unspecified atom stereocenters. The molecule has 1 aromatic carbocycles. The van der Waals surface area contributed by atoms with Gasteiger partial charge in [-0.1, -0.05) is 37.3 Å². The largest absolute Gasteiger partial charge is 0.360 e. The van der Waals surface area contributed by atoms with Crippen molar-refractivity contribution in [2.45, 2.75) is 44.6 Å². The SMILES string of the molecule is CC1CNC2C3C(=O)N(Cc4ccccc4)C(=O)C3OC2(C)C1. The summed E-state index contributed by atoms with van der Waals surface area (Å²) in [4.78, 5) is 27.0. The number of hydrogen-bond donors (Lipinski definition) is 1. The molecule has 122 valence electrons. The fraction of sp³-hybridized carbons (Fsp3) is 0.556. The number of benzene rings is 1. The van der Waals surface area contributed by atoms with Gasteiger partial charge in [-0.2, -0.15) is 0 Å².